The zero-order chi connectivity index (χ0) is 22.6. The molecule has 3 heterocycles. The number of carboxylic acid groups (broad SMARTS) is 1. The first-order valence-electron chi connectivity index (χ1n) is 10.3. The lowest BCUT2D eigenvalue weighted by atomic mass is 9.76. The Bertz CT molecular complexity index is 1150. The number of carbonyl (C=O) groups excluding carboxylic acids is 3. The van der Waals surface area contributed by atoms with Gasteiger partial charge in [-0.2, -0.15) is 0 Å². The van der Waals surface area contributed by atoms with Crippen LogP contribution in [0.3, 0.4) is 0 Å². The van der Waals surface area contributed by atoms with Gasteiger partial charge in [-0.15, -0.1) is 0 Å². The summed E-state index contributed by atoms with van der Waals surface area (Å²) in [6, 6.07) is 12.9. The summed E-state index contributed by atoms with van der Waals surface area (Å²) in [5, 5.41) is 15.2. The third-order valence-corrected chi connectivity index (χ3v) is 6.62. The van der Waals surface area contributed by atoms with Gasteiger partial charge in [0.2, 0.25) is 17.7 Å². The molecule has 2 saturated heterocycles. The van der Waals surface area contributed by atoms with Crippen molar-refractivity contribution in [3.63, 3.8) is 0 Å². The van der Waals surface area contributed by atoms with E-state index in [1.54, 1.807) is 48.5 Å². The summed E-state index contributed by atoms with van der Waals surface area (Å²) >= 11 is 0. The number of para-hydroxylation sites is 1. The predicted molar refractivity (Wildman–Crippen MR) is 113 cm³/mol. The van der Waals surface area contributed by atoms with E-state index in [-0.39, 0.29) is 12.8 Å². The van der Waals surface area contributed by atoms with E-state index in [0.29, 0.717) is 22.7 Å². The number of nitrogens with zero attached hydrogens (tertiary/aromatic N) is 1. The van der Waals surface area contributed by atoms with Crippen molar-refractivity contribution in [3.05, 3.63) is 54.1 Å². The molecule has 3 N–H and O–H groups in total. The summed E-state index contributed by atoms with van der Waals surface area (Å²) in [7, 11) is 1.52. The number of hydrogen-bond acceptors (Lipinski definition) is 6. The first-order chi connectivity index (χ1) is 15.4. The van der Waals surface area contributed by atoms with Crippen LogP contribution in [0.15, 0.2) is 48.5 Å². The van der Waals surface area contributed by atoms with Gasteiger partial charge in [-0.25, -0.2) is 4.90 Å². The third-order valence-electron chi connectivity index (χ3n) is 6.62. The van der Waals surface area contributed by atoms with Crippen LogP contribution in [0.4, 0.5) is 11.4 Å². The Morgan fingerprint density at radius 2 is 1.81 bits per heavy atom. The minimum absolute atomic E-state index is 0.114. The minimum Gasteiger partial charge on any atom is -0.497 e. The number of nitrogens with one attached hydrogen (secondary N) is 2. The van der Waals surface area contributed by atoms with E-state index >= 15 is 0 Å². The number of carboxylic acids is 1. The molecule has 2 fully saturated rings. The molecular formula is C23H21N3O6. The van der Waals surface area contributed by atoms with E-state index < -0.39 is 47.1 Å². The molecule has 3 aliphatic rings. The number of benzene rings is 2. The molecule has 0 radical (unpaired) electrons. The highest BCUT2D eigenvalue weighted by atomic mass is 16.5. The molecule has 3 amide bonds. The summed E-state index contributed by atoms with van der Waals surface area (Å²) in [5.74, 6) is -3.62. The summed E-state index contributed by atoms with van der Waals surface area (Å²) in [6.45, 7) is 0. The van der Waals surface area contributed by atoms with Crippen molar-refractivity contribution in [2.45, 2.75) is 24.4 Å². The number of carbonyl (C=O) groups is 4. The van der Waals surface area contributed by atoms with Gasteiger partial charge in [-0.1, -0.05) is 18.2 Å². The molecule has 5 rings (SSSR count). The van der Waals surface area contributed by atoms with Crippen LogP contribution in [0.1, 0.15) is 18.4 Å². The first kappa shape index (κ1) is 20.2. The highest BCUT2D eigenvalue weighted by Crippen LogP contribution is 2.54. The van der Waals surface area contributed by atoms with Crippen LogP contribution in [0.25, 0.3) is 0 Å². The fraction of sp³-hybridized carbons (Fsp3) is 0.304. The van der Waals surface area contributed by atoms with Crippen LogP contribution < -0.4 is 20.3 Å². The Kier molecular flexibility index (Phi) is 4.52. The largest absolute Gasteiger partial charge is 0.497 e. The molecule has 9 heteroatoms. The highest BCUT2D eigenvalue weighted by molar-refractivity contribution is 6.25. The molecule has 3 aliphatic heterocycles. The van der Waals surface area contributed by atoms with Crippen molar-refractivity contribution >= 4 is 35.1 Å². The molecule has 0 saturated carbocycles. The number of ether oxygens (including phenoxy) is 1. The van der Waals surface area contributed by atoms with Gasteiger partial charge in [0.15, 0.2) is 0 Å². The number of methoxy groups -OCH3 is 1. The van der Waals surface area contributed by atoms with Crippen LogP contribution in [0.5, 0.6) is 5.75 Å². The monoisotopic (exact) mass is 435 g/mol. The Labute approximate surface area is 183 Å². The van der Waals surface area contributed by atoms with E-state index in [9.17, 15) is 24.3 Å². The van der Waals surface area contributed by atoms with Crippen molar-refractivity contribution in [2.24, 2.45) is 11.8 Å². The normalized spacial score (nSPS) is 28.1. The van der Waals surface area contributed by atoms with Gasteiger partial charge in [0.25, 0.3) is 0 Å². The SMILES string of the molecule is COc1ccc(N2C(=O)[C@H]3[C@H](CCC(=O)O)N[C@]4(C(=O)Nc5ccccc54)[C@@H]3C2=O)cc1. The van der Waals surface area contributed by atoms with Crippen molar-refractivity contribution < 1.29 is 29.0 Å². The molecular weight excluding hydrogens is 414 g/mol. The van der Waals surface area contributed by atoms with Crippen molar-refractivity contribution in [1.29, 1.82) is 0 Å². The molecule has 2 aromatic rings. The molecule has 0 aromatic heterocycles. The molecule has 32 heavy (non-hydrogen) atoms. The second kappa shape index (κ2) is 7.16. The number of imide groups is 1. The molecule has 0 bridgehead atoms. The quantitative estimate of drug-likeness (QED) is 0.608. The van der Waals surface area contributed by atoms with Crippen LogP contribution in [0.2, 0.25) is 0 Å². The topological polar surface area (TPSA) is 125 Å². The van der Waals surface area contributed by atoms with Gasteiger partial charge < -0.3 is 15.2 Å². The van der Waals surface area contributed by atoms with Gasteiger partial charge in [-0.05, 0) is 36.8 Å². The van der Waals surface area contributed by atoms with Gasteiger partial charge in [0, 0.05) is 23.7 Å². The molecule has 164 valence electrons. The highest BCUT2D eigenvalue weighted by Gasteiger charge is 2.70. The summed E-state index contributed by atoms with van der Waals surface area (Å²) in [4.78, 5) is 52.8. The van der Waals surface area contributed by atoms with E-state index in [1.807, 2.05) is 0 Å². The average molecular weight is 435 g/mol. The summed E-state index contributed by atoms with van der Waals surface area (Å²) < 4.78 is 5.15. The Morgan fingerprint density at radius 1 is 1.09 bits per heavy atom. The van der Waals surface area contributed by atoms with Crippen LogP contribution in [-0.4, -0.2) is 41.9 Å². The predicted octanol–water partition coefficient (Wildman–Crippen LogP) is 1.48. The summed E-state index contributed by atoms with van der Waals surface area (Å²) in [6.07, 6.45) is -0.0760. The lowest BCUT2D eigenvalue weighted by molar-refractivity contribution is -0.137. The molecule has 1 spiro atoms. The average Bonchev–Trinajstić information content (AvgIpc) is 3.37. The van der Waals surface area contributed by atoms with Crippen molar-refractivity contribution in [1.82, 2.24) is 5.32 Å². The maximum Gasteiger partial charge on any atom is 0.303 e. The molecule has 9 nitrogen and oxygen atoms in total. The standard InChI is InChI=1S/C23H21N3O6/c1-32-13-8-6-12(7-9-13)26-20(29)18-16(10-11-17(27)28)25-23(19(18)21(26)30)14-4-2-3-5-15(14)24-22(23)31/h2-9,16,18-19,25H,10-11H2,1H3,(H,24,31)(H,27,28)/t16-,18-,19-,23-/m0/s1. The second-order valence-electron chi connectivity index (χ2n) is 8.20. The number of fused-ring (bicyclic) bond motifs is 4. The van der Waals surface area contributed by atoms with Crippen LogP contribution in [-0.2, 0) is 24.7 Å². The molecule has 4 atom stereocenters. The lowest BCUT2D eigenvalue weighted by Gasteiger charge is -2.29. The Morgan fingerprint density at radius 3 is 2.50 bits per heavy atom. The van der Waals surface area contributed by atoms with Gasteiger partial charge in [0.1, 0.15) is 11.3 Å². The van der Waals surface area contributed by atoms with Crippen molar-refractivity contribution in [2.75, 3.05) is 17.3 Å². The van der Waals surface area contributed by atoms with Crippen molar-refractivity contribution in [3.8, 4) is 5.75 Å². The fourth-order valence-corrected chi connectivity index (χ4v) is 5.27. The zero-order valence-electron chi connectivity index (χ0n) is 17.2. The van der Waals surface area contributed by atoms with E-state index in [4.69, 9.17) is 4.74 Å². The van der Waals surface area contributed by atoms with Crippen LogP contribution >= 0.6 is 0 Å². The Balaban J connectivity index is 1.61. The second-order valence-corrected chi connectivity index (χ2v) is 8.20. The van der Waals surface area contributed by atoms with E-state index in [0.717, 1.165) is 4.90 Å². The number of aliphatic carboxylic acids is 1. The third kappa shape index (κ3) is 2.67. The van der Waals surface area contributed by atoms with E-state index in [2.05, 4.69) is 10.6 Å². The first-order valence-corrected chi connectivity index (χ1v) is 10.3. The van der Waals surface area contributed by atoms with Gasteiger partial charge in [0.05, 0.1) is 24.6 Å². The maximum absolute atomic E-state index is 13.7. The van der Waals surface area contributed by atoms with Gasteiger partial charge in [-0.3, -0.25) is 24.5 Å². The molecule has 2 aromatic carbocycles. The smallest absolute Gasteiger partial charge is 0.303 e. The van der Waals surface area contributed by atoms with Gasteiger partial charge >= 0.3 is 5.97 Å². The minimum atomic E-state index is -1.43. The molecule has 0 unspecified atom stereocenters. The Hall–Kier alpha value is -3.72. The fourth-order valence-electron chi connectivity index (χ4n) is 5.27. The zero-order valence-corrected chi connectivity index (χ0v) is 17.2. The summed E-state index contributed by atoms with van der Waals surface area (Å²) in [5.41, 5.74) is 0.119. The number of anilines is 2. The van der Waals surface area contributed by atoms with E-state index in [1.165, 1.54) is 7.11 Å². The number of hydrogen-bond donors (Lipinski definition) is 3. The molecule has 0 aliphatic carbocycles. The number of amides is 3. The lowest BCUT2D eigenvalue weighted by Crippen LogP contribution is -2.53. The number of rotatable bonds is 5. The maximum atomic E-state index is 13.7. The van der Waals surface area contributed by atoms with Crippen LogP contribution in [0, 0.1) is 11.8 Å².